The van der Waals surface area contributed by atoms with E-state index in [2.05, 4.69) is 4.90 Å². The largest absolute Gasteiger partial charge is 0.497 e. The fourth-order valence-electron chi connectivity index (χ4n) is 4.49. The molecule has 2 heterocycles. The van der Waals surface area contributed by atoms with E-state index in [1.165, 1.54) is 20.0 Å². The van der Waals surface area contributed by atoms with Gasteiger partial charge in [0.2, 0.25) is 0 Å². The molecule has 3 aliphatic rings. The minimum Gasteiger partial charge on any atom is -0.497 e. The van der Waals surface area contributed by atoms with Crippen molar-refractivity contribution in [3.05, 3.63) is 29.8 Å². The van der Waals surface area contributed by atoms with Gasteiger partial charge in [-0.2, -0.15) is 0 Å². The molecule has 0 radical (unpaired) electrons. The highest BCUT2D eigenvalue weighted by molar-refractivity contribution is 5.76. The number of ether oxygens (including phenoxy) is 4. The molecule has 0 aromatic heterocycles. The van der Waals surface area contributed by atoms with Crippen LogP contribution in [0.15, 0.2) is 24.3 Å². The minimum atomic E-state index is -0.676. The third kappa shape index (κ3) is 3.33. The third-order valence-corrected chi connectivity index (χ3v) is 5.78. The normalized spacial score (nSPS) is 34.0. The predicted octanol–water partition coefficient (Wildman–Crippen LogP) is 2.50. The van der Waals surface area contributed by atoms with Gasteiger partial charge in [-0.3, -0.25) is 9.69 Å². The van der Waals surface area contributed by atoms with Gasteiger partial charge in [-0.15, -0.1) is 0 Å². The summed E-state index contributed by atoms with van der Waals surface area (Å²) in [6, 6.07) is 7.57. The highest BCUT2D eigenvalue weighted by atomic mass is 16.8. The molecule has 1 aromatic carbocycles. The highest BCUT2D eigenvalue weighted by Crippen LogP contribution is 2.44. The molecule has 0 bridgehead atoms. The van der Waals surface area contributed by atoms with Crippen molar-refractivity contribution in [1.29, 1.82) is 0 Å². The molecule has 142 valence electrons. The Morgan fingerprint density at radius 1 is 1.15 bits per heavy atom. The molecule has 0 N–H and O–H groups in total. The van der Waals surface area contributed by atoms with Crippen LogP contribution in [0, 0.1) is 0 Å². The Hall–Kier alpha value is -1.63. The summed E-state index contributed by atoms with van der Waals surface area (Å²) < 4.78 is 23.0. The molecule has 1 aliphatic carbocycles. The summed E-state index contributed by atoms with van der Waals surface area (Å²) in [6.45, 7) is 1.24. The zero-order valence-electron chi connectivity index (χ0n) is 15.5. The topological polar surface area (TPSA) is 57.2 Å². The molecule has 2 aliphatic heterocycles. The number of carbonyl (C=O) groups excluding carboxylic acids is 1. The first-order chi connectivity index (χ1) is 12.6. The van der Waals surface area contributed by atoms with Crippen molar-refractivity contribution in [2.24, 2.45) is 0 Å². The Bertz CT molecular complexity index is 632. The maximum absolute atomic E-state index is 12.4. The van der Waals surface area contributed by atoms with E-state index in [4.69, 9.17) is 18.9 Å². The number of hydrogen-bond acceptors (Lipinski definition) is 6. The monoisotopic (exact) mass is 361 g/mol. The van der Waals surface area contributed by atoms with Crippen LogP contribution in [0.1, 0.15) is 37.7 Å². The van der Waals surface area contributed by atoms with Gasteiger partial charge in [-0.1, -0.05) is 25.0 Å². The molecule has 26 heavy (non-hydrogen) atoms. The molecule has 4 rings (SSSR count). The lowest BCUT2D eigenvalue weighted by Gasteiger charge is -2.24. The first-order valence-electron chi connectivity index (χ1n) is 9.43. The number of rotatable bonds is 4. The number of fused-ring (bicyclic) bond motifs is 1. The Morgan fingerprint density at radius 3 is 2.38 bits per heavy atom. The first kappa shape index (κ1) is 17.8. The van der Waals surface area contributed by atoms with Crippen molar-refractivity contribution in [2.75, 3.05) is 20.8 Å². The van der Waals surface area contributed by atoms with Crippen molar-refractivity contribution in [3.8, 4) is 5.75 Å². The summed E-state index contributed by atoms with van der Waals surface area (Å²) >= 11 is 0. The van der Waals surface area contributed by atoms with Gasteiger partial charge in [0.15, 0.2) is 5.79 Å². The number of esters is 1. The van der Waals surface area contributed by atoms with Gasteiger partial charge >= 0.3 is 5.97 Å². The van der Waals surface area contributed by atoms with E-state index in [0.29, 0.717) is 19.5 Å². The molecule has 1 aromatic rings. The number of methoxy groups -OCH3 is 2. The number of hydrogen-bond donors (Lipinski definition) is 0. The quantitative estimate of drug-likeness (QED) is 0.768. The lowest BCUT2D eigenvalue weighted by molar-refractivity contribution is -0.166. The lowest BCUT2D eigenvalue weighted by Crippen LogP contribution is -2.37. The fourth-order valence-corrected chi connectivity index (χ4v) is 4.49. The van der Waals surface area contributed by atoms with Crippen molar-refractivity contribution in [3.63, 3.8) is 0 Å². The predicted molar refractivity (Wildman–Crippen MR) is 94.8 cm³/mol. The van der Waals surface area contributed by atoms with Crippen LogP contribution in [0.4, 0.5) is 0 Å². The average Bonchev–Trinajstić information content (AvgIpc) is 3.20. The zero-order chi connectivity index (χ0) is 18.1. The second-order valence-electron chi connectivity index (χ2n) is 7.50. The summed E-state index contributed by atoms with van der Waals surface area (Å²) in [4.78, 5) is 14.5. The van der Waals surface area contributed by atoms with Crippen LogP contribution in [0.25, 0.3) is 0 Å². The second-order valence-corrected chi connectivity index (χ2v) is 7.50. The molecule has 6 nitrogen and oxygen atoms in total. The van der Waals surface area contributed by atoms with Gasteiger partial charge in [0.05, 0.1) is 33.0 Å². The smallest absolute Gasteiger partial charge is 0.323 e. The number of nitrogens with zero attached hydrogens (tertiary/aromatic N) is 1. The van der Waals surface area contributed by atoms with E-state index in [-0.39, 0.29) is 24.2 Å². The van der Waals surface area contributed by atoms with Crippen LogP contribution < -0.4 is 4.74 Å². The zero-order valence-corrected chi connectivity index (χ0v) is 15.5. The van der Waals surface area contributed by atoms with E-state index in [0.717, 1.165) is 24.2 Å². The standard InChI is InChI=1S/C20H27NO5/c1-23-15-9-7-14(8-10-15)12-21-13-20(11-16(21)19(22)24-2)25-17-5-3-4-6-18(17)26-20/h7-10,16-18H,3-6,11-13H2,1-2H3/t16-,17?,18?,20?/m1/s1. The molecule has 2 saturated heterocycles. The van der Waals surface area contributed by atoms with Crippen molar-refractivity contribution in [1.82, 2.24) is 4.90 Å². The van der Waals surface area contributed by atoms with E-state index < -0.39 is 5.79 Å². The Kier molecular flexibility index (Phi) is 4.90. The van der Waals surface area contributed by atoms with Crippen molar-refractivity contribution >= 4 is 5.97 Å². The maximum atomic E-state index is 12.4. The van der Waals surface area contributed by atoms with Gasteiger partial charge in [0.25, 0.3) is 0 Å². The molecule has 1 spiro atoms. The van der Waals surface area contributed by atoms with Crippen LogP contribution in [0.3, 0.4) is 0 Å². The Morgan fingerprint density at radius 2 is 1.81 bits per heavy atom. The number of carbonyl (C=O) groups is 1. The molecular weight excluding hydrogens is 334 g/mol. The molecule has 3 atom stereocenters. The minimum absolute atomic E-state index is 0.169. The molecule has 6 heteroatoms. The van der Waals surface area contributed by atoms with Gasteiger partial charge in [-0.25, -0.2) is 0 Å². The van der Waals surface area contributed by atoms with Crippen LogP contribution in [-0.4, -0.2) is 55.7 Å². The third-order valence-electron chi connectivity index (χ3n) is 5.78. The summed E-state index contributed by atoms with van der Waals surface area (Å²) in [7, 11) is 3.09. The average molecular weight is 361 g/mol. The highest BCUT2D eigenvalue weighted by Gasteiger charge is 2.56. The first-order valence-corrected chi connectivity index (χ1v) is 9.43. The van der Waals surface area contributed by atoms with Gasteiger partial charge in [-0.05, 0) is 30.5 Å². The van der Waals surface area contributed by atoms with Gasteiger partial charge in [0, 0.05) is 13.0 Å². The van der Waals surface area contributed by atoms with E-state index >= 15 is 0 Å². The van der Waals surface area contributed by atoms with Crippen LogP contribution in [0.5, 0.6) is 5.75 Å². The summed E-state index contributed by atoms with van der Waals surface area (Å²) in [6.07, 6.45) is 5.35. The van der Waals surface area contributed by atoms with E-state index in [1.807, 2.05) is 24.3 Å². The van der Waals surface area contributed by atoms with Crippen molar-refractivity contribution in [2.45, 2.75) is 62.7 Å². The molecule has 3 fully saturated rings. The van der Waals surface area contributed by atoms with Crippen LogP contribution >= 0.6 is 0 Å². The van der Waals surface area contributed by atoms with E-state index in [1.54, 1.807) is 7.11 Å². The SMILES string of the molecule is COC(=O)[C@H]1CC2(CN1Cc1ccc(OC)cc1)OC1CCCCC1O2. The maximum Gasteiger partial charge on any atom is 0.323 e. The van der Waals surface area contributed by atoms with Crippen LogP contribution in [0.2, 0.25) is 0 Å². The van der Waals surface area contributed by atoms with E-state index in [9.17, 15) is 4.79 Å². The summed E-state index contributed by atoms with van der Waals surface area (Å²) in [5.74, 6) is -0.0782. The van der Waals surface area contributed by atoms with Crippen LogP contribution in [-0.2, 0) is 25.5 Å². The molecular formula is C20H27NO5. The lowest BCUT2D eigenvalue weighted by atomic mass is 9.95. The van der Waals surface area contributed by atoms with Gasteiger partial charge in [0.1, 0.15) is 11.8 Å². The summed E-state index contributed by atoms with van der Waals surface area (Å²) in [5, 5.41) is 0. The number of benzene rings is 1. The summed E-state index contributed by atoms with van der Waals surface area (Å²) in [5.41, 5.74) is 1.12. The molecule has 1 saturated carbocycles. The second kappa shape index (κ2) is 7.18. The van der Waals surface area contributed by atoms with Crippen molar-refractivity contribution < 1.29 is 23.7 Å². The number of likely N-dealkylation sites (tertiary alicyclic amines) is 1. The fraction of sp³-hybridized carbons (Fsp3) is 0.650. The Balaban J connectivity index is 1.51. The van der Waals surface area contributed by atoms with Gasteiger partial charge < -0.3 is 18.9 Å². The Labute approximate surface area is 154 Å². The molecule has 2 unspecified atom stereocenters. The molecule has 0 amide bonds.